The Kier molecular flexibility index (Phi) is 6.88. The van der Waals surface area contributed by atoms with Gasteiger partial charge in [-0.2, -0.15) is 0 Å². The highest BCUT2D eigenvalue weighted by atomic mass is 15.4. The summed E-state index contributed by atoms with van der Waals surface area (Å²) in [5.74, 6) is 13.5. The zero-order valence-corrected chi connectivity index (χ0v) is 14.4. The Bertz CT molecular complexity index is 721. The molecule has 0 saturated heterocycles. The fourth-order valence-electron chi connectivity index (χ4n) is 2.22. The molecule has 0 aliphatic heterocycles. The van der Waals surface area contributed by atoms with Gasteiger partial charge < -0.3 is 0 Å². The molecule has 1 heterocycles. The average Bonchev–Trinajstić information content (AvgIpc) is 2.64. The molecular formula is C19H24N6. The zero-order chi connectivity index (χ0) is 18.1. The van der Waals surface area contributed by atoms with Crippen LogP contribution in [0, 0.1) is 0 Å². The van der Waals surface area contributed by atoms with E-state index in [9.17, 15) is 0 Å². The monoisotopic (exact) mass is 336 g/mol. The first-order valence-corrected chi connectivity index (χ1v) is 7.98. The van der Waals surface area contributed by atoms with Gasteiger partial charge in [0, 0.05) is 12.4 Å². The lowest BCUT2D eigenvalue weighted by Gasteiger charge is -2.19. The van der Waals surface area contributed by atoms with E-state index in [2.05, 4.69) is 16.6 Å². The summed E-state index contributed by atoms with van der Waals surface area (Å²) in [5.41, 5.74) is 2.16. The van der Waals surface area contributed by atoms with Gasteiger partial charge in [0.05, 0.1) is 13.1 Å². The normalized spacial score (nSPS) is 11.6. The summed E-state index contributed by atoms with van der Waals surface area (Å²) >= 11 is 0. The fraction of sp³-hybridized carbons (Fsp3) is 0.158. The van der Waals surface area contributed by atoms with Gasteiger partial charge in [0.15, 0.2) is 0 Å². The van der Waals surface area contributed by atoms with Gasteiger partial charge in [0.25, 0.3) is 0 Å². The predicted molar refractivity (Wildman–Crippen MR) is 103 cm³/mol. The van der Waals surface area contributed by atoms with Gasteiger partial charge in [0.1, 0.15) is 11.7 Å². The maximum atomic E-state index is 6.06. The molecule has 2 aromatic rings. The summed E-state index contributed by atoms with van der Waals surface area (Å²) in [6, 6.07) is 13.8. The molecule has 25 heavy (non-hydrogen) atoms. The van der Waals surface area contributed by atoms with Crippen molar-refractivity contribution in [1.29, 1.82) is 0 Å². The Hall–Kier alpha value is -2.96. The SMILES string of the molecule is C=CC(=N/C=C\C)N(N)Cc1ccc(CN(N)c2ccccn2)cc1. The first-order chi connectivity index (χ1) is 12.1. The van der Waals surface area contributed by atoms with Crippen LogP contribution in [0.2, 0.25) is 0 Å². The molecule has 130 valence electrons. The molecule has 0 fully saturated rings. The molecule has 0 aliphatic carbocycles. The van der Waals surface area contributed by atoms with Gasteiger partial charge in [-0.1, -0.05) is 43.0 Å². The third-order valence-electron chi connectivity index (χ3n) is 3.51. The van der Waals surface area contributed by atoms with Gasteiger partial charge in [-0.05, 0) is 36.3 Å². The molecule has 4 N–H and O–H groups in total. The van der Waals surface area contributed by atoms with E-state index in [1.165, 1.54) is 0 Å². The molecule has 0 amide bonds. The summed E-state index contributed by atoms with van der Waals surface area (Å²) < 4.78 is 0. The molecule has 0 saturated carbocycles. The number of aromatic nitrogens is 1. The lowest BCUT2D eigenvalue weighted by Crippen LogP contribution is -2.35. The second-order valence-corrected chi connectivity index (χ2v) is 5.43. The highest BCUT2D eigenvalue weighted by molar-refractivity contribution is 5.92. The van der Waals surface area contributed by atoms with Crippen LogP contribution in [0.5, 0.6) is 0 Å². The number of hydrogen-bond acceptors (Lipinski definition) is 5. The number of anilines is 1. The summed E-state index contributed by atoms with van der Waals surface area (Å²) in [6.07, 6.45) is 6.88. The average molecular weight is 336 g/mol. The van der Waals surface area contributed by atoms with Crippen LogP contribution in [0.25, 0.3) is 0 Å². The van der Waals surface area contributed by atoms with Crippen molar-refractivity contribution in [2.75, 3.05) is 5.01 Å². The number of aliphatic imine (C=N–C) groups is 1. The Balaban J connectivity index is 1.98. The molecule has 0 aliphatic rings. The van der Waals surface area contributed by atoms with Crippen molar-refractivity contribution >= 4 is 11.7 Å². The molecule has 1 aromatic carbocycles. The molecule has 2 rings (SSSR count). The van der Waals surface area contributed by atoms with E-state index in [0.717, 1.165) is 16.9 Å². The summed E-state index contributed by atoms with van der Waals surface area (Å²) in [5, 5.41) is 3.18. The fourth-order valence-corrected chi connectivity index (χ4v) is 2.22. The largest absolute Gasteiger partial charge is 0.290 e. The molecule has 6 nitrogen and oxygen atoms in total. The van der Waals surface area contributed by atoms with Crippen molar-refractivity contribution in [2.24, 2.45) is 16.7 Å². The minimum atomic E-state index is 0.537. The van der Waals surface area contributed by atoms with Crippen LogP contribution >= 0.6 is 0 Å². The standard InChI is InChI=1S/C19H24N6/c1-3-12-22-18(4-2)24(20)14-16-8-10-17(11-9-16)15-25(21)19-7-5-6-13-23-19/h3-13H,2,14-15,20-21H2,1H3/b12-3-,22-18?. The Labute approximate surface area is 148 Å². The number of benzene rings is 1. The number of pyridine rings is 1. The number of amidine groups is 1. The minimum absolute atomic E-state index is 0.537. The lowest BCUT2D eigenvalue weighted by molar-refractivity contribution is 0.436. The van der Waals surface area contributed by atoms with E-state index in [0.29, 0.717) is 18.9 Å². The lowest BCUT2D eigenvalue weighted by atomic mass is 10.1. The minimum Gasteiger partial charge on any atom is -0.290 e. The topological polar surface area (TPSA) is 83.8 Å². The van der Waals surface area contributed by atoms with Crippen LogP contribution in [0.4, 0.5) is 5.82 Å². The highest BCUT2D eigenvalue weighted by Crippen LogP contribution is 2.12. The summed E-state index contributed by atoms with van der Waals surface area (Å²) in [7, 11) is 0. The van der Waals surface area contributed by atoms with Crippen molar-refractivity contribution in [2.45, 2.75) is 20.0 Å². The number of hydrazine groups is 2. The van der Waals surface area contributed by atoms with Crippen molar-refractivity contribution < 1.29 is 0 Å². The molecule has 0 radical (unpaired) electrons. The molecule has 1 aromatic heterocycles. The molecule has 6 heteroatoms. The third kappa shape index (κ3) is 5.56. The Morgan fingerprint density at radius 1 is 1.12 bits per heavy atom. The third-order valence-corrected chi connectivity index (χ3v) is 3.51. The van der Waals surface area contributed by atoms with Gasteiger partial charge in [-0.3, -0.25) is 10.0 Å². The molecule has 0 spiro atoms. The smallest absolute Gasteiger partial charge is 0.142 e. The molecule has 0 unspecified atom stereocenters. The Morgan fingerprint density at radius 2 is 1.80 bits per heavy atom. The quantitative estimate of drug-likeness (QED) is 0.351. The van der Waals surface area contributed by atoms with Crippen molar-refractivity contribution in [3.8, 4) is 0 Å². The van der Waals surface area contributed by atoms with Crippen LogP contribution < -0.4 is 16.7 Å². The van der Waals surface area contributed by atoms with E-state index >= 15 is 0 Å². The number of allylic oxidation sites excluding steroid dienone is 1. The Morgan fingerprint density at radius 3 is 2.36 bits per heavy atom. The van der Waals surface area contributed by atoms with Gasteiger partial charge in [0.2, 0.25) is 0 Å². The van der Waals surface area contributed by atoms with Crippen LogP contribution in [-0.2, 0) is 13.1 Å². The van der Waals surface area contributed by atoms with Crippen molar-refractivity contribution in [3.63, 3.8) is 0 Å². The van der Waals surface area contributed by atoms with E-state index in [1.54, 1.807) is 28.5 Å². The second-order valence-electron chi connectivity index (χ2n) is 5.43. The van der Waals surface area contributed by atoms with Crippen LogP contribution in [-0.4, -0.2) is 15.8 Å². The van der Waals surface area contributed by atoms with Crippen LogP contribution in [0.3, 0.4) is 0 Å². The zero-order valence-electron chi connectivity index (χ0n) is 14.4. The first-order valence-electron chi connectivity index (χ1n) is 7.98. The maximum absolute atomic E-state index is 6.06. The summed E-state index contributed by atoms with van der Waals surface area (Å²) in [6.45, 7) is 6.75. The van der Waals surface area contributed by atoms with Crippen LogP contribution in [0.1, 0.15) is 18.1 Å². The van der Waals surface area contributed by atoms with Gasteiger partial charge >= 0.3 is 0 Å². The van der Waals surface area contributed by atoms with Gasteiger partial charge in [-0.15, -0.1) is 0 Å². The highest BCUT2D eigenvalue weighted by Gasteiger charge is 2.06. The second kappa shape index (κ2) is 9.36. The van der Waals surface area contributed by atoms with Gasteiger partial charge in [-0.25, -0.2) is 21.7 Å². The molecule has 0 bridgehead atoms. The predicted octanol–water partition coefficient (Wildman–Crippen LogP) is 2.76. The van der Waals surface area contributed by atoms with E-state index in [-0.39, 0.29) is 0 Å². The number of hydrogen-bond donors (Lipinski definition) is 2. The van der Waals surface area contributed by atoms with E-state index in [1.807, 2.05) is 55.5 Å². The maximum Gasteiger partial charge on any atom is 0.142 e. The number of nitrogens with two attached hydrogens (primary N) is 2. The first kappa shape index (κ1) is 18.4. The van der Waals surface area contributed by atoms with E-state index < -0.39 is 0 Å². The molecule has 0 atom stereocenters. The van der Waals surface area contributed by atoms with E-state index in [4.69, 9.17) is 11.7 Å². The number of nitrogens with zero attached hydrogens (tertiary/aromatic N) is 4. The summed E-state index contributed by atoms with van der Waals surface area (Å²) in [4.78, 5) is 8.47. The number of rotatable bonds is 7. The van der Waals surface area contributed by atoms with Crippen molar-refractivity contribution in [3.05, 3.63) is 84.7 Å². The molecular weight excluding hydrogens is 312 g/mol. The van der Waals surface area contributed by atoms with Crippen molar-refractivity contribution in [1.82, 2.24) is 9.99 Å². The van der Waals surface area contributed by atoms with Crippen LogP contribution in [0.15, 0.2) is 78.6 Å².